The minimum absolute atomic E-state index is 0.0118. The van der Waals surface area contributed by atoms with Gasteiger partial charge in [-0.25, -0.2) is 0 Å². The zero-order chi connectivity index (χ0) is 48.6. The molecule has 2 atom stereocenters. The molecule has 67 heavy (non-hydrogen) atoms. The summed E-state index contributed by atoms with van der Waals surface area (Å²) in [6.45, 7) is 4.88. The Labute approximate surface area is 418 Å². The minimum Gasteiger partial charge on any atom is -0.466 e. The highest BCUT2D eigenvalue weighted by Crippen LogP contribution is 2.17. The van der Waals surface area contributed by atoms with Crippen molar-refractivity contribution in [2.24, 2.45) is 0 Å². The van der Waals surface area contributed by atoms with E-state index in [2.05, 4.69) is 31.3 Å². The number of aliphatic hydroxyl groups excluding tert-OH is 2. The summed E-state index contributed by atoms with van der Waals surface area (Å²) in [6, 6.07) is -0.649. The number of hydrogen-bond acceptors (Lipinski definition) is 5. The Bertz CT molecular complexity index is 1040. The smallest absolute Gasteiger partial charge is 0.305 e. The second-order valence-corrected chi connectivity index (χ2v) is 20.7. The molecule has 6 heteroatoms. The van der Waals surface area contributed by atoms with E-state index in [0.29, 0.717) is 19.4 Å². The van der Waals surface area contributed by atoms with Crippen LogP contribution in [0.3, 0.4) is 0 Å². The van der Waals surface area contributed by atoms with Crippen LogP contribution in [0.25, 0.3) is 0 Å². The van der Waals surface area contributed by atoms with Gasteiger partial charge >= 0.3 is 5.97 Å². The van der Waals surface area contributed by atoms with Crippen molar-refractivity contribution in [3.63, 3.8) is 0 Å². The number of nitrogens with one attached hydrogen (secondary N) is 1. The molecule has 0 fully saturated rings. The van der Waals surface area contributed by atoms with Crippen molar-refractivity contribution < 1.29 is 24.5 Å². The lowest BCUT2D eigenvalue weighted by Crippen LogP contribution is -2.45. The van der Waals surface area contributed by atoms with Gasteiger partial charge in [0.25, 0.3) is 0 Å². The number of esters is 1. The Morgan fingerprint density at radius 3 is 1.07 bits per heavy atom. The summed E-state index contributed by atoms with van der Waals surface area (Å²) in [5.74, 6) is -0.106. The fraction of sp³-hybridized carbons (Fsp3) is 0.902. The predicted octanol–water partition coefficient (Wildman–Crippen LogP) is 18.6. The molecule has 0 aromatic heterocycles. The second kappa shape index (κ2) is 56.9. The van der Waals surface area contributed by atoms with Crippen LogP contribution < -0.4 is 5.32 Å². The molecule has 2 unspecified atom stereocenters. The fourth-order valence-corrected chi connectivity index (χ4v) is 9.34. The summed E-state index contributed by atoms with van der Waals surface area (Å²) < 4.78 is 5.46. The van der Waals surface area contributed by atoms with Crippen molar-refractivity contribution in [2.45, 2.75) is 341 Å². The molecule has 0 aliphatic heterocycles. The average molecular weight is 945 g/mol. The topological polar surface area (TPSA) is 95.9 Å². The average Bonchev–Trinajstić information content (AvgIpc) is 3.33. The first kappa shape index (κ1) is 65.3. The van der Waals surface area contributed by atoms with Crippen LogP contribution in [0.5, 0.6) is 0 Å². The molecule has 0 radical (unpaired) electrons. The number of allylic oxidation sites excluding steroid dienone is 3. The van der Waals surface area contributed by atoms with Crippen LogP contribution >= 0.6 is 0 Å². The lowest BCUT2D eigenvalue weighted by molar-refractivity contribution is -0.143. The molecule has 0 heterocycles. The molecular weight excluding hydrogens is 827 g/mol. The summed E-state index contributed by atoms with van der Waals surface area (Å²) in [5, 5.41) is 23.2. The molecule has 1 amide bonds. The van der Waals surface area contributed by atoms with Crippen LogP contribution in [0.15, 0.2) is 24.3 Å². The molecule has 3 N–H and O–H groups in total. The van der Waals surface area contributed by atoms with Gasteiger partial charge in [-0.15, -0.1) is 0 Å². The van der Waals surface area contributed by atoms with Crippen LogP contribution in [-0.2, 0) is 14.3 Å². The van der Waals surface area contributed by atoms with E-state index in [-0.39, 0.29) is 18.5 Å². The number of carbonyl (C=O) groups excluding carboxylic acids is 2. The van der Waals surface area contributed by atoms with Crippen LogP contribution in [0.1, 0.15) is 328 Å². The zero-order valence-corrected chi connectivity index (χ0v) is 45.1. The SMILES string of the molecule is CCCCCCCCCCCCCCCCCCCCCCCC/C=C/C(O)C(CO)NC(=O)CCCCC/C=C\CCCCCCCCOC(=O)CCCCCCCCCCCCCCC. The monoisotopic (exact) mass is 944 g/mol. The van der Waals surface area contributed by atoms with Gasteiger partial charge < -0.3 is 20.3 Å². The summed E-state index contributed by atoms with van der Waals surface area (Å²) in [5.41, 5.74) is 0. The third-order valence-electron chi connectivity index (χ3n) is 14.0. The van der Waals surface area contributed by atoms with E-state index in [0.717, 1.165) is 70.6 Å². The van der Waals surface area contributed by atoms with Gasteiger partial charge in [-0.1, -0.05) is 282 Å². The highest BCUT2D eigenvalue weighted by Gasteiger charge is 2.18. The molecule has 0 rings (SSSR count). The number of aliphatic hydroxyl groups is 2. The van der Waals surface area contributed by atoms with Gasteiger partial charge in [0.15, 0.2) is 0 Å². The quantitative estimate of drug-likeness (QED) is 0.0321. The number of ether oxygens (including phenoxy) is 1. The predicted molar refractivity (Wildman–Crippen MR) is 292 cm³/mol. The fourth-order valence-electron chi connectivity index (χ4n) is 9.34. The first-order valence-electron chi connectivity index (χ1n) is 30.1. The van der Waals surface area contributed by atoms with Crippen LogP contribution in [0, 0.1) is 0 Å². The lowest BCUT2D eigenvalue weighted by Gasteiger charge is -2.19. The number of rotatable bonds is 56. The molecule has 6 nitrogen and oxygen atoms in total. The normalized spacial score (nSPS) is 12.7. The van der Waals surface area contributed by atoms with E-state index in [9.17, 15) is 19.8 Å². The highest BCUT2D eigenvalue weighted by molar-refractivity contribution is 5.76. The van der Waals surface area contributed by atoms with Crippen molar-refractivity contribution >= 4 is 11.9 Å². The molecule has 0 spiro atoms. The van der Waals surface area contributed by atoms with E-state index >= 15 is 0 Å². The van der Waals surface area contributed by atoms with E-state index in [1.165, 1.54) is 231 Å². The van der Waals surface area contributed by atoms with Crippen LogP contribution in [0.4, 0.5) is 0 Å². The van der Waals surface area contributed by atoms with Crippen LogP contribution in [0.2, 0.25) is 0 Å². The van der Waals surface area contributed by atoms with Gasteiger partial charge in [-0.2, -0.15) is 0 Å². The molecule has 0 aliphatic rings. The maximum absolute atomic E-state index is 12.5. The van der Waals surface area contributed by atoms with Gasteiger partial charge in [-0.3, -0.25) is 9.59 Å². The molecule has 0 aromatic rings. The summed E-state index contributed by atoms with van der Waals surface area (Å²) >= 11 is 0. The van der Waals surface area contributed by atoms with Gasteiger partial charge in [0.1, 0.15) is 0 Å². The first-order valence-corrected chi connectivity index (χ1v) is 30.1. The van der Waals surface area contributed by atoms with E-state index in [4.69, 9.17) is 4.74 Å². The molecular formula is C61H117NO5. The molecule has 0 aliphatic carbocycles. The van der Waals surface area contributed by atoms with Gasteiger partial charge in [0.2, 0.25) is 5.91 Å². The number of carbonyl (C=O) groups is 2. The van der Waals surface area contributed by atoms with Crippen molar-refractivity contribution in [1.29, 1.82) is 0 Å². The van der Waals surface area contributed by atoms with E-state index in [1.54, 1.807) is 6.08 Å². The number of hydrogen-bond donors (Lipinski definition) is 3. The number of amides is 1. The lowest BCUT2D eigenvalue weighted by atomic mass is 10.0. The molecule has 0 aromatic carbocycles. The second-order valence-electron chi connectivity index (χ2n) is 20.7. The Hall–Kier alpha value is -1.66. The Kier molecular flexibility index (Phi) is 55.5. The van der Waals surface area contributed by atoms with Gasteiger partial charge in [0, 0.05) is 12.8 Å². The summed E-state index contributed by atoms with van der Waals surface area (Å²) in [4.78, 5) is 24.5. The first-order chi connectivity index (χ1) is 33.0. The summed E-state index contributed by atoms with van der Waals surface area (Å²) in [6.07, 6.45) is 69.2. The maximum Gasteiger partial charge on any atom is 0.305 e. The highest BCUT2D eigenvalue weighted by atomic mass is 16.5. The zero-order valence-electron chi connectivity index (χ0n) is 45.1. The molecule has 0 saturated heterocycles. The summed E-state index contributed by atoms with van der Waals surface area (Å²) in [7, 11) is 0. The minimum atomic E-state index is -0.862. The Morgan fingerprint density at radius 2 is 0.701 bits per heavy atom. The Balaban J connectivity index is 3.51. The Morgan fingerprint density at radius 1 is 0.403 bits per heavy atom. The van der Waals surface area contributed by atoms with Crippen molar-refractivity contribution in [2.75, 3.05) is 13.2 Å². The standard InChI is InChI=1S/C61H117NO5/c1-3-5-7-9-11-13-15-17-18-19-20-21-22-23-24-25-26-27-30-33-37-41-45-49-53-59(64)58(57-63)62-60(65)54-50-46-42-38-34-31-28-32-36-40-44-48-52-56-67-61(66)55-51-47-43-39-35-29-16-14-12-10-8-6-4-2/h31,34,49,53,58-59,63-64H,3-30,32-33,35-48,50-52,54-57H2,1-2H3,(H,62,65)/b34-31-,53-49+. The third-order valence-corrected chi connectivity index (χ3v) is 14.0. The van der Waals surface area contributed by atoms with Gasteiger partial charge in [0.05, 0.1) is 25.4 Å². The van der Waals surface area contributed by atoms with Crippen molar-refractivity contribution in [3.8, 4) is 0 Å². The molecule has 0 bridgehead atoms. The largest absolute Gasteiger partial charge is 0.466 e. The molecule has 0 saturated carbocycles. The molecule has 396 valence electrons. The van der Waals surface area contributed by atoms with Gasteiger partial charge in [-0.05, 0) is 57.8 Å². The maximum atomic E-state index is 12.5. The number of unbranched alkanes of at least 4 members (excludes halogenated alkanes) is 43. The van der Waals surface area contributed by atoms with E-state index < -0.39 is 12.1 Å². The van der Waals surface area contributed by atoms with E-state index in [1.807, 2.05) is 6.08 Å². The third kappa shape index (κ3) is 53.5. The van der Waals surface area contributed by atoms with Crippen LogP contribution in [-0.4, -0.2) is 47.4 Å². The van der Waals surface area contributed by atoms with Crippen molar-refractivity contribution in [1.82, 2.24) is 5.32 Å². The van der Waals surface area contributed by atoms with Crippen molar-refractivity contribution in [3.05, 3.63) is 24.3 Å².